The van der Waals surface area contributed by atoms with Crippen molar-refractivity contribution in [3.05, 3.63) is 92.4 Å². The van der Waals surface area contributed by atoms with Gasteiger partial charge in [-0.15, -0.1) is 0 Å². The summed E-state index contributed by atoms with van der Waals surface area (Å²) in [5.74, 6) is 0.590. The largest absolute Gasteiger partial charge is 0.493 e. The number of benzene rings is 3. The molecule has 0 bridgehead atoms. The predicted octanol–water partition coefficient (Wildman–Crippen LogP) is 7.04. The first kappa shape index (κ1) is 23.2. The van der Waals surface area contributed by atoms with E-state index in [4.69, 9.17) is 44.3 Å². The topological polar surface area (TPSA) is 51.1 Å². The van der Waals surface area contributed by atoms with Crippen LogP contribution in [0.15, 0.2) is 71.3 Å². The standard InChI is InChI=1S/C25H19Cl3N2O3/c1-15-20(25(31)30(29-15)19-6-4-3-5-7-19)10-16-11-22(28)24(23(12-16)32-2)33-14-17-8-9-18(26)13-21(17)27/h3-13H,14H2,1-2H3/b20-10+. The van der Waals surface area contributed by atoms with Gasteiger partial charge in [0.15, 0.2) is 11.5 Å². The van der Waals surface area contributed by atoms with E-state index in [1.165, 1.54) is 12.1 Å². The Balaban J connectivity index is 1.59. The van der Waals surface area contributed by atoms with Crippen molar-refractivity contribution in [2.45, 2.75) is 13.5 Å². The zero-order chi connectivity index (χ0) is 23.5. The normalized spacial score (nSPS) is 14.6. The van der Waals surface area contributed by atoms with E-state index in [9.17, 15) is 4.79 Å². The number of ether oxygens (including phenoxy) is 2. The van der Waals surface area contributed by atoms with Crippen LogP contribution in [0.1, 0.15) is 18.1 Å². The fraction of sp³-hybridized carbons (Fsp3) is 0.120. The molecule has 0 atom stereocenters. The van der Waals surface area contributed by atoms with E-state index in [2.05, 4.69) is 5.10 Å². The van der Waals surface area contributed by atoms with Gasteiger partial charge in [0.25, 0.3) is 5.91 Å². The van der Waals surface area contributed by atoms with Gasteiger partial charge in [-0.05, 0) is 55.0 Å². The van der Waals surface area contributed by atoms with E-state index >= 15 is 0 Å². The molecule has 0 unspecified atom stereocenters. The van der Waals surface area contributed by atoms with Crippen LogP contribution >= 0.6 is 34.8 Å². The Bertz CT molecular complexity index is 1270. The lowest BCUT2D eigenvalue weighted by Gasteiger charge is -2.14. The number of methoxy groups -OCH3 is 1. The molecule has 0 aliphatic carbocycles. The number of carbonyl (C=O) groups excluding carboxylic acids is 1. The number of anilines is 1. The lowest BCUT2D eigenvalue weighted by atomic mass is 10.1. The molecule has 8 heteroatoms. The third-order valence-corrected chi connectivity index (χ3v) is 5.88. The highest BCUT2D eigenvalue weighted by molar-refractivity contribution is 6.35. The zero-order valence-electron chi connectivity index (χ0n) is 17.8. The molecule has 1 heterocycles. The molecule has 1 aliphatic rings. The molecule has 0 saturated heterocycles. The summed E-state index contributed by atoms with van der Waals surface area (Å²) in [5, 5.41) is 7.16. The molecule has 1 amide bonds. The zero-order valence-corrected chi connectivity index (χ0v) is 20.1. The molecule has 3 aromatic carbocycles. The van der Waals surface area contributed by atoms with Crippen LogP contribution in [-0.4, -0.2) is 18.7 Å². The van der Waals surface area contributed by atoms with Gasteiger partial charge in [0.05, 0.1) is 29.1 Å². The van der Waals surface area contributed by atoms with E-state index in [1.807, 2.05) is 30.3 Å². The number of hydrogen-bond donors (Lipinski definition) is 0. The van der Waals surface area contributed by atoms with Gasteiger partial charge in [-0.25, -0.2) is 0 Å². The summed E-state index contributed by atoms with van der Waals surface area (Å²) >= 11 is 18.7. The second-order valence-electron chi connectivity index (χ2n) is 7.25. The molecule has 0 aromatic heterocycles. The Morgan fingerprint density at radius 2 is 1.76 bits per heavy atom. The molecular weight excluding hydrogens is 483 g/mol. The monoisotopic (exact) mass is 500 g/mol. The number of halogens is 3. The fourth-order valence-electron chi connectivity index (χ4n) is 3.35. The van der Waals surface area contributed by atoms with E-state index < -0.39 is 0 Å². The molecule has 0 saturated carbocycles. The van der Waals surface area contributed by atoms with Crippen molar-refractivity contribution in [1.82, 2.24) is 0 Å². The minimum atomic E-state index is -0.216. The van der Waals surface area contributed by atoms with Gasteiger partial charge in [-0.1, -0.05) is 59.1 Å². The first-order chi connectivity index (χ1) is 15.9. The first-order valence-electron chi connectivity index (χ1n) is 9.98. The maximum atomic E-state index is 13.0. The van der Waals surface area contributed by atoms with Gasteiger partial charge in [-0.3, -0.25) is 4.79 Å². The Morgan fingerprint density at radius 1 is 1.00 bits per heavy atom. The van der Waals surface area contributed by atoms with Crippen LogP contribution in [0.5, 0.6) is 11.5 Å². The summed E-state index contributed by atoms with van der Waals surface area (Å²) in [6.45, 7) is 1.97. The van der Waals surface area contributed by atoms with Crippen molar-refractivity contribution < 1.29 is 14.3 Å². The smallest absolute Gasteiger partial charge is 0.280 e. The van der Waals surface area contributed by atoms with Crippen LogP contribution in [0, 0.1) is 0 Å². The second kappa shape index (κ2) is 9.87. The van der Waals surface area contributed by atoms with Crippen LogP contribution in [0.25, 0.3) is 6.08 Å². The van der Waals surface area contributed by atoms with Gasteiger partial charge in [0, 0.05) is 15.6 Å². The lowest BCUT2D eigenvalue weighted by molar-refractivity contribution is -0.114. The molecule has 0 radical (unpaired) electrons. The maximum Gasteiger partial charge on any atom is 0.280 e. The second-order valence-corrected chi connectivity index (χ2v) is 8.51. The van der Waals surface area contributed by atoms with Crippen molar-refractivity contribution in [2.75, 3.05) is 12.1 Å². The fourth-order valence-corrected chi connectivity index (χ4v) is 4.08. The Labute approximate surface area is 206 Å². The van der Waals surface area contributed by atoms with Gasteiger partial charge >= 0.3 is 0 Å². The summed E-state index contributed by atoms with van der Waals surface area (Å²) < 4.78 is 11.4. The molecule has 5 nitrogen and oxygen atoms in total. The van der Waals surface area contributed by atoms with Gasteiger partial charge in [0.1, 0.15) is 6.61 Å². The molecule has 0 spiro atoms. The number of amides is 1. The molecule has 0 N–H and O–H groups in total. The molecule has 4 rings (SSSR count). The van der Waals surface area contributed by atoms with Crippen LogP contribution in [-0.2, 0) is 11.4 Å². The number of hydrogen-bond acceptors (Lipinski definition) is 4. The third-order valence-electron chi connectivity index (χ3n) is 5.01. The van der Waals surface area contributed by atoms with Crippen LogP contribution < -0.4 is 14.5 Å². The lowest BCUT2D eigenvalue weighted by Crippen LogP contribution is -2.21. The number of carbonyl (C=O) groups is 1. The van der Waals surface area contributed by atoms with Crippen molar-refractivity contribution in [3.63, 3.8) is 0 Å². The van der Waals surface area contributed by atoms with Gasteiger partial charge < -0.3 is 9.47 Å². The molecule has 0 fully saturated rings. The highest BCUT2D eigenvalue weighted by Crippen LogP contribution is 2.38. The summed E-state index contributed by atoms with van der Waals surface area (Å²) in [6, 6.07) is 17.9. The summed E-state index contributed by atoms with van der Waals surface area (Å²) in [7, 11) is 1.52. The molecule has 168 valence electrons. The minimum absolute atomic E-state index is 0.183. The number of nitrogens with zero attached hydrogens (tertiary/aromatic N) is 2. The minimum Gasteiger partial charge on any atom is -0.493 e. The van der Waals surface area contributed by atoms with Crippen LogP contribution in [0.2, 0.25) is 15.1 Å². The summed E-state index contributed by atoms with van der Waals surface area (Å²) in [6.07, 6.45) is 1.73. The molecular formula is C25H19Cl3N2O3. The van der Waals surface area contributed by atoms with Crippen LogP contribution in [0.4, 0.5) is 5.69 Å². The Kier molecular flexibility index (Phi) is 6.94. The first-order valence-corrected chi connectivity index (χ1v) is 11.1. The molecule has 1 aliphatic heterocycles. The average molecular weight is 502 g/mol. The number of hydrazone groups is 1. The van der Waals surface area contributed by atoms with Crippen molar-refractivity contribution in [3.8, 4) is 11.5 Å². The van der Waals surface area contributed by atoms with Crippen molar-refractivity contribution in [1.29, 1.82) is 0 Å². The van der Waals surface area contributed by atoms with E-state index in [0.717, 1.165) is 5.56 Å². The predicted molar refractivity (Wildman–Crippen MR) is 134 cm³/mol. The Morgan fingerprint density at radius 3 is 2.45 bits per heavy atom. The third kappa shape index (κ3) is 5.01. The summed E-state index contributed by atoms with van der Waals surface area (Å²) in [4.78, 5) is 13.0. The molecule has 33 heavy (non-hydrogen) atoms. The van der Waals surface area contributed by atoms with Crippen molar-refractivity contribution in [2.24, 2.45) is 5.10 Å². The Hall–Kier alpha value is -2.99. The quantitative estimate of drug-likeness (QED) is 0.340. The van der Waals surface area contributed by atoms with Crippen LogP contribution in [0.3, 0.4) is 0 Å². The maximum absolute atomic E-state index is 13.0. The van der Waals surface area contributed by atoms with E-state index in [1.54, 1.807) is 43.3 Å². The summed E-state index contributed by atoms with van der Waals surface area (Å²) in [5.41, 5.74) is 3.22. The highest BCUT2D eigenvalue weighted by Gasteiger charge is 2.28. The van der Waals surface area contributed by atoms with Gasteiger partial charge in [0.2, 0.25) is 0 Å². The highest BCUT2D eigenvalue weighted by atomic mass is 35.5. The number of rotatable bonds is 6. The van der Waals surface area contributed by atoms with Gasteiger partial charge in [-0.2, -0.15) is 10.1 Å². The molecule has 3 aromatic rings. The van der Waals surface area contributed by atoms with E-state index in [-0.39, 0.29) is 12.5 Å². The number of para-hydroxylation sites is 1. The van der Waals surface area contributed by atoms with Crippen molar-refractivity contribution >= 4 is 58.2 Å². The van der Waals surface area contributed by atoms with E-state index in [0.29, 0.717) is 49.1 Å². The SMILES string of the molecule is COc1cc(/C=C2/C(=O)N(c3ccccc3)N=C2C)cc(Cl)c1OCc1ccc(Cl)cc1Cl. The average Bonchev–Trinajstić information content (AvgIpc) is 3.08.